The quantitative estimate of drug-likeness (QED) is 0.0698. The number of hydrogen-bond donors (Lipinski definition) is 0. The Morgan fingerprint density at radius 2 is 1.36 bits per heavy atom. The Labute approximate surface area is 376 Å². The Hall–Kier alpha value is -0.279. The van der Waals surface area contributed by atoms with Gasteiger partial charge < -0.3 is 22.8 Å². The molecule has 336 valence electrons. The van der Waals surface area contributed by atoms with Crippen molar-refractivity contribution in [1.29, 1.82) is 0 Å². The summed E-state index contributed by atoms with van der Waals surface area (Å²) in [7, 11) is -4.83. The maximum atomic E-state index is 7.78. The van der Waals surface area contributed by atoms with Gasteiger partial charge >= 0.3 is 0 Å². The molecule has 1 aliphatic rings. The minimum atomic E-state index is -2.26. The highest BCUT2D eigenvalue weighted by atomic mass is 127. The van der Waals surface area contributed by atoms with Gasteiger partial charge in [-0.25, -0.2) is 0 Å². The second-order valence-electron chi connectivity index (χ2n) is 22.8. The number of rotatable bonds is 21. The van der Waals surface area contributed by atoms with Gasteiger partial charge in [-0.3, -0.25) is 0 Å². The van der Waals surface area contributed by atoms with Gasteiger partial charge in [-0.2, -0.15) is 0 Å². The molecule has 0 spiro atoms. The summed E-state index contributed by atoms with van der Waals surface area (Å²) < 4.78 is 36.7. The van der Waals surface area contributed by atoms with Crippen LogP contribution in [-0.2, 0) is 24.6 Å². The summed E-state index contributed by atoms with van der Waals surface area (Å²) in [6.07, 6.45) is 9.04. The van der Waals surface area contributed by atoms with Gasteiger partial charge in [0.15, 0.2) is 16.6 Å². The molecule has 0 aromatic heterocycles. The van der Waals surface area contributed by atoms with Gasteiger partial charge in [-0.1, -0.05) is 134 Å². The van der Waals surface area contributed by atoms with Crippen LogP contribution in [0.4, 0.5) is 0 Å². The predicted octanol–water partition coefficient (Wildman–Crippen LogP) is 16.1. The Kier molecular flexibility index (Phi) is 19.4. The molecule has 0 amide bonds. The zero-order chi connectivity index (χ0) is 44.9. The van der Waals surface area contributed by atoms with Crippen LogP contribution in [0.5, 0.6) is 5.75 Å². The van der Waals surface area contributed by atoms with Crippen molar-refractivity contribution < 1.29 is 22.8 Å². The van der Waals surface area contributed by atoms with Crippen molar-refractivity contribution in [2.24, 2.45) is 17.3 Å². The summed E-state index contributed by atoms with van der Waals surface area (Å²) >= 11 is 2.46. The van der Waals surface area contributed by atoms with E-state index < -0.39 is 30.6 Å². The molecule has 1 aromatic carbocycles. The third kappa shape index (κ3) is 13.6. The van der Waals surface area contributed by atoms with Gasteiger partial charge in [-0.05, 0) is 148 Å². The molecule has 5 atom stereocenters. The summed E-state index contributed by atoms with van der Waals surface area (Å²) in [4.78, 5) is 0. The lowest BCUT2D eigenvalue weighted by atomic mass is 9.80. The molecule has 1 fully saturated rings. The number of hydrogen-bond acceptors (Lipinski definition) is 5. The minimum Gasteiger partial charge on any atom is -0.497 e. The van der Waals surface area contributed by atoms with Crippen LogP contribution in [0.25, 0.3) is 0 Å². The van der Waals surface area contributed by atoms with Gasteiger partial charge in [-0.15, -0.1) is 0 Å². The van der Waals surface area contributed by atoms with Gasteiger partial charge in [0.05, 0.1) is 38.1 Å². The highest BCUT2D eigenvalue weighted by Gasteiger charge is 2.58. The maximum absolute atomic E-state index is 7.78. The molecule has 0 aliphatic heterocycles. The van der Waals surface area contributed by atoms with Crippen molar-refractivity contribution in [3.8, 4) is 5.75 Å². The first-order chi connectivity index (χ1) is 26.3. The lowest BCUT2D eigenvalue weighted by Crippen LogP contribution is -2.55. The summed E-state index contributed by atoms with van der Waals surface area (Å²) in [5.74, 6) is 1.22. The molecular weight excluding hydrogens is 880 g/mol. The first kappa shape index (κ1) is 53.9. The lowest BCUT2D eigenvalue weighted by molar-refractivity contribution is -0.0655. The van der Waals surface area contributed by atoms with E-state index in [-0.39, 0.29) is 33.6 Å². The SMILES string of the molecule is COc1ccc(COC[C@@]2(O[Si](C)(C)C(C)(C)C)C[C@H](C)[C@@H](O[Si](C)(C)C(C)(C)C)[C@@H]2/C=C(\C)CCC(O[Si](C(C)C)(C(C)C)C(C)C)C(C)(C)C/C=C(\C)I)cc1. The van der Waals surface area contributed by atoms with E-state index in [1.165, 1.54) is 9.15 Å². The molecule has 2 rings (SSSR count). The lowest BCUT2D eigenvalue weighted by Gasteiger charge is -2.48. The molecule has 1 unspecified atom stereocenters. The van der Waals surface area contributed by atoms with Crippen molar-refractivity contribution in [1.82, 2.24) is 0 Å². The van der Waals surface area contributed by atoms with Gasteiger partial charge in [0, 0.05) is 5.92 Å². The normalized spacial score (nSPS) is 22.8. The van der Waals surface area contributed by atoms with Gasteiger partial charge in [0.1, 0.15) is 5.75 Å². The van der Waals surface area contributed by atoms with Crippen LogP contribution in [-0.4, -0.2) is 56.5 Å². The number of methoxy groups -OCH3 is 1. The smallest absolute Gasteiger partial charge is 0.200 e. The van der Waals surface area contributed by atoms with Crippen molar-refractivity contribution in [3.05, 3.63) is 51.1 Å². The number of allylic oxidation sites excluding steroid dienone is 3. The first-order valence-electron chi connectivity index (χ1n) is 22.5. The largest absolute Gasteiger partial charge is 0.497 e. The molecule has 0 N–H and O–H groups in total. The number of benzene rings is 1. The van der Waals surface area contributed by atoms with E-state index in [4.69, 9.17) is 22.8 Å². The van der Waals surface area contributed by atoms with E-state index in [9.17, 15) is 0 Å². The monoisotopic (exact) mass is 971 g/mol. The predicted molar refractivity (Wildman–Crippen MR) is 268 cm³/mol. The third-order valence-corrected chi connectivity index (χ3v) is 30.1. The van der Waals surface area contributed by atoms with Crippen molar-refractivity contribution in [3.63, 3.8) is 0 Å². The molecule has 0 saturated heterocycles. The Balaban J connectivity index is 2.77. The highest BCUT2D eigenvalue weighted by Crippen LogP contribution is 2.53. The van der Waals surface area contributed by atoms with Crippen LogP contribution in [0.3, 0.4) is 0 Å². The molecule has 58 heavy (non-hydrogen) atoms. The average Bonchev–Trinajstić information content (AvgIpc) is 3.30. The van der Waals surface area contributed by atoms with E-state index in [0.717, 1.165) is 37.0 Å². The Morgan fingerprint density at radius 3 is 1.81 bits per heavy atom. The number of ether oxygens (including phenoxy) is 2. The first-order valence-corrected chi connectivity index (χ1v) is 31.6. The summed E-state index contributed by atoms with van der Waals surface area (Å²) in [5.41, 5.74) is 3.60. The van der Waals surface area contributed by atoms with E-state index >= 15 is 0 Å². The molecule has 1 aromatic rings. The zero-order valence-electron chi connectivity index (χ0n) is 41.7. The second kappa shape index (κ2) is 20.9. The molecular formula is C49H91IO5Si3. The molecule has 5 nitrogen and oxygen atoms in total. The van der Waals surface area contributed by atoms with Gasteiger partial charge in [0.2, 0.25) is 8.32 Å². The van der Waals surface area contributed by atoms with Crippen LogP contribution in [0.1, 0.15) is 149 Å². The number of halogens is 1. The van der Waals surface area contributed by atoms with Crippen molar-refractivity contribution in [2.75, 3.05) is 13.7 Å². The van der Waals surface area contributed by atoms with Crippen LogP contribution in [0.2, 0.25) is 52.9 Å². The summed E-state index contributed by atoms with van der Waals surface area (Å²) in [5, 5.41) is 0.133. The zero-order valence-corrected chi connectivity index (χ0v) is 46.8. The molecule has 0 radical (unpaired) electrons. The van der Waals surface area contributed by atoms with E-state index in [2.05, 4.69) is 191 Å². The molecule has 1 saturated carbocycles. The molecule has 0 bridgehead atoms. The van der Waals surface area contributed by atoms with E-state index in [0.29, 0.717) is 35.8 Å². The second-order valence-corrected chi connectivity index (χ2v) is 39.4. The third-order valence-electron chi connectivity index (χ3n) is 14.6. The average molecular weight is 971 g/mol. The standard InChI is InChI=1S/C49H91IO5Si3/c1-35(2)58(36(3)4,37(5)6)53-44(48(16,17)30-29-40(9)50)28-23-38(7)31-43-45(54-56(19,20)46(10,11)12)39(8)32-49(43,55-57(21,22)47(13,14)15)34-52-33-41-24-26-42(51-18)27-25-41/h24-27,29,31,35-37,39,43-45H,23,28,30,32-34H2,1-22H3/b38-31+,40-29+/t39-,43-,44?,45+,49-/m0/s1. The molecule has 1 aliphatic carbocycles. The fourth-order valence-corrected chi connectivity index (χ4v) is 18.0. The van der Waals surface area contributed by atoms with Crippen molar-refractivity contribution >= 4 is 47.5 Å². The van der Waals surface area contributed by atoms with Crippen LogP contribution < -0.4 is 4.74 Å². The van der Waals surface area contributed by atoms with E-state index in [1.54, 1.807) is 7.11 Å². The summed E-state index contributed by atoms with van der Waals surface area (Å²) in [6.45, 7) is 51.2. The fraction of sp³-hybridized carbons (Fsp3) is 0.796. The van der Waals surface area contributed by atoms with E-state index in [1.807, 2.05) is 12.1 Å². The summed E-state index contributed by atoms with van der Waals surface area (Å²) in [6, 6.07) is 8.25. The molecule has 0 heterocycles. The topological polar surface area (TPSA) is 46.2 Å². The fourth-order valence-electron chi connectivity index (χ4n) is 8.97. The van der Waals surface area contributed by atoms with Crippen LogP contribution in [0.15, 0.2) is 45.6 Å². The van der Waals surface area contributed by atoms with Crippen LogP contribution >= 0.6 is 22.6 Å². The minimum absolute atomic E-state index is 0.00994. The molecule has 9 heteroatoms. The Morgan fingerprint density at radius 1 is 0.845 bits per heavy atom. The van der Waals surface area contributed by atoms with Crippen molar-refractivity contribution in [2.45, 2.75) is 221 Å². The highest BCUT2D eigenvalue weighted by molar-refractivity contribution is 14.1. The maximum Gasteiger partial charge on any atom is 0.200 e. The Bertz CT molecular complexity index is 1460. The van der Waals surface area contributed by atoms with Crippen LogP contribution in [0, 0.1) is 17.3 Å². The van der Waals surface area contributed by atoms with Gasteiger partial charge in [0.25, 0.3) is 0 Å².